The van der Waals surface area contributed by atoms with Gasteiger partial charge >= 0.3 is 6.09 Å². The highest BCUT2D eigenvalue weighted by Gasteiger charge is 2.37. The number of nitrogens with zero attached hydrogens (tertiary/aromatic N) is 4. The summed E-state index contributed by atoms with van der Waals surface area (Å²) in [5, 5.41) is 10.1. The maximum absolute atomic E-state index is 14.8. The monoisotopic (exact) mass is 424 g/mol. The van der Waals surface area contributed by atoms with Crippen LogP contribution >= 0.6 is 0 Å². The summed E-state index contributed by atoms with van der Waals surface area (Å²) >= 11 is 0. The molecule has 3 atom stereocenters. The van der Waals surface area contributed by atoms with E-state index in [0.717, 1.165) is 0 Å². The Balaban J connectivity index is 1.43. The zero-order valence-electron chi connectivity index (χ0n) is 16.5. The van der Waals surface area contributed by atoms with Crippen molar-refractivity contribution in [2.75, 3.05) is 29.5 Å². The summed E-state index contributed by atoms with van der Waals surface area (Å²) in [6.45, 7) is 4.75. The van der Waals surface area contributed by atoms with Gasteiger partial charge in [0.25, 0.3) is 0 Å². The third-order valence-electron chi connectivity index (χ3n) is 6.07. The Bertz CT molecular complexity index is 924. The van der Waals surface area contributed by atoms with Crippen LogP contribution in [-0.4, -0.2) is 62.3 Å². The summed E-state index contributed by atoms with van der Waals surface area (Å²) in [4.78, 5) is 13.7. The zero-order valence-corrected chi connectivity index (χ0v) is 17.3. The summed E-state index contributed by atoms with van der Waals surface area (Å²) in [5.74, 6) is -0.359. The maximum Gasteiger partial charge on any atom is 0.414 e. The summed E-state index contributed by atoms with van der Waals surface area (Å²) in [6.07, 6.45) is -0.0378. The van der Waals surface area contributed by atoms with Crippen molar-refractivity contribution in [3.63, 3.8) is 0 Å². The van der Waals surface area contributed by atoms with Crippen molar-refractivity contribution in [1.82, 2.24) is 5.01 Å². The number of hydrogen-bond acceptors (Lipinski definition) is 7. The first-order chi connectivity index (χ1) is 13.7. The molecule has 0 N–H and O–H groups in total. The predicted molar refractivity (Wildman–Crippen MR) is 105 cm³/mol. The van der Waals surface area contributed by atoms with Crippen molar-refractivity contribution in [1.29, 1.82) is 0 Å². The molecule has 3 aliphatic heterocycles. The van der Waals surface area contributed by atoms with Gasteiger partial charge in [-0.15, -0.1) is 0 Å². The number of anilines is 1. The standard InChI is InChI=1S/C19H25FN4O4S/c1-12-13(2)24(22-21-12)11-16-10-23(19(25)28-16)15-3-4-17(18(20)9-15)14-5-7-29(26,27)8-6-14/h3-4,9,12-14,16H,5-8,10-11H2,1-2H3/t12?,13?,16-/m1/s1. The molecule has 0 saturated carbocycles. The van der Waals surface area contributed by atoms with E-state index in [0.29, 0.717) is 37.2 Å². The molecule has 10 heteroatoms. The number of hydrogen-bond donors (Lipinski definition) is 0. The topological polar surface area (TPSA) is 91.6 Å². The highest BCUT2D eigenvalue weighted by molar-refractivity contribution is 7.91. The first-order valence-corrected chi connectivity index (χ1v) is 11.7. The Morgan fingerprint density at radius 3 is 2.59 bits per heavy atom. The molecule has 29 heavy (non-hydrogen) atoms. The van der Waals surface area contributed by atoms with Crippen LogP contribution in [-0.2, 0) is 14.6 Å². The van der Waals surface area contributed by atoms with E-state index in [9.17, 15) is 17.6 Å². The highest BCUT2D eigenvalue weighted by Crippen LogP contribution is 2.33. The molecule has 2 fully saturated rings. The van der Waals surface area contributed by atoms with Gasteiger partial charge < -0.3 is 4.74 Å². The molecule has 4 rings (SSSR count). The van der Waals surface area contributed by atoms with Crippen LogP contribution in [0.2, 0.25) is 0 Å². The quantitative estimate of drug-likeness (QED) is 0.741. The van der Waals surface area contributed by atoms with E-state index in [-0.39, 0.29) is 35.6 Å². The van der Waals surface area contributed by atoms with E-state index in [1.165, 1.54) is 11.0 Å². The fraction of sp³-hybridized carbons (Fsp3) is 0.632. The molecule has 0 spiro atoms. The lowest BCUT2D eigenvalue weighted by atomic mass is 9.93. The molecule has 3 heterocycles. The SMILES string of the molecule is CC1N=NN(C[C@H]2CN(c3ccc(C4CCS(=O)(=O)CC4)c(F)c3)C(=O)O2)C1C. The zero-order chi connectivity index (χ0) is 20.8. The summed E-state index contributed by atoms with van der Waals surface area (Å²) in [5.41, 5.74) is 0.944. The Kier molecular flexibility index (Phi) is 5.22. The van der Waals surface area contributed by atoms with Crippen LogP contribution in [0.3, 0.4) is 0 Å². The molecular formula is C19H25FN4O4S. The van der Waals surface area contributed by atoms with Crippen LogP contribution in [0.5, 0.6) is 0 Å². The van der Waals surface area contributed by atoms with Crippen LogP contribution in [0.15, 0.2) is 28.5 Å². The Morgan fingerprint density at radius 2 is 1.97 bits per heavy atom. The smallest absolute Gasteiger partial charge is 0.414 e. The molecule has 2 saturated heterocycles. The summed E-state index contributed by atoms with van der Waals surface area (Å²) in [7, 11) is -3.00. The number of carbonyl (C=O) groups excluding carboxylic acids is 1. The van der Waals surface area contributed by atoms with Gasteiger partial charge in [0, 0.05) is 0 Å². The number of sulfone groups is 1. The lowest BCUT2D eigenvalue weighted by molar-refractivity contribution is 0.0997. The van der Waals surface area contributed by atoms with Gasteiger partial charge in [-0.25, -0.2) is 17.6 Å². The summed E-state index contributed by atoms with van der Waals surface area (Å²) in [6, 6.07) is 4.93. The van der Waals surface area contributed by atoms with Gasteiger partial charge in [0.1, 0.15) is 21.8 Å². The molecular weight excluding hydrogens is 399 g/mol. The van der Waals surface area contributed by atoms with Crippen LogP contribution in [0.1, 0.15) is 38.2 Å². The van der Waals surface area contributed by atoms with Crippen molar-refractivity contribution in [3.05, 3.63) is 29.6 Å². The average molecular weight is 424 g/mol. The van der Waals surface area contributed by atoms with Gasteiger partial charge in [0.2, 0.25) is 0 Å². The fourth-order valence-electron chi connectivity index (χ4n) is 4.03. The third-order valence-corrected chi connectivity index (χ3v) is 7.79. The van der Waals surface area contributed by atoms with E-state index in [2.05, 4.69) is 10.3 Å². The normalized spacial score (nSPS) is 29.5. The molecule has 158 valence electrons. The predicted octanol–water partition coefficient (Wildman–Crippen LogP) is 2.90. The summed E-state index contributed by atoms with van der Waals surface area (Å²) < 4.78 is 43.4. The van der Waals surface area contributed by atoms with Gasteiger partial charge in [-0.05, 0) is 50.3 Å². The van der Waals surface area contributed by atoms with Crippen LogP contribution in [0, 0.1) is 5.82 Å². The molecule has 3 aliphatic rings. The van der Waals surface area contributed by atoms with E-state index in [1.54, 1.807) is 12.1 Å². The third kappa shape index (κ3) is 4.08. The highest BCUT2D eigenvalue weighted by atomic mass is 32.2. The van der Waals surface area contributed by atoms with E-state index >= 15 is 0 Å². The molecule has 1 aromatic carbocycles. The Morgan fingerprint density at radius 1 is 1.24 bits per heavy atom. The molecule has 2 unspecified atom stereocenters. The minimum atomic E-state index is -3.00. The van der Waals surface area contributed by atoms with Gasteiger partial charge in [-0.3, -0.25) is 9.91 Å². The molecule has 0 radical (unpaired) electrons. The number of benzene rings is 1. The van der Waals surface area contributed by atoms with Gasteiger partial charge in [0.15, 0.2) is 0 Å². The number of amides is 1. The van der Waals surface area contributed by atoms with Crippen molar-refractivity contribution in [3.8, 4) is 0 Å². The molecule has 1 amide bonds. The lowest BCUT2D eigenvalue weighted by Crippen LogP contribution is -2.37. The molecule has 0 aliphatic carbocycles. The molecule has 0 aromatic heterocycles. The van der Waals surface area contributed by atoms with Crippen LogP contribution in [0.4, 0.5) is 14.9 Å². The second-order valence-electron chi connectivity index (χ2n) is 8.06. The van der Waals surface area contributed by atoms with Gasteiger partial charge in [-0.1, -0.05) is 11.3 Å². The van der Waals surface area contributed by atoms with E-state index in [4.69, 9.17) is 4.74 Å². The Labute approximate surface area is 169 Å². The van der Waals surface area contributed by atoms with E-state index in [1.807, 2.05) is 18.9 Å². The molecule has 1 aromatic rings. The minimum absolute atomic E-state index is 0.0872. The number of halogens is 1. The van der Waals surface area contributed by atoms with Crippen LogP contribution < -0.4 is 4.90 Å². The lowest BCUT2D eigenvalue weighted by Gasteiger charge is -2.24. The van der Waals surface area contributed by atoms with Gasteiger partial charge in [-0.2, -0.15) is 5.11 Å². The van der Waals surface area contributed by atoms with Crippen molar-refractivity contribution in [2.45, 2.75) is 50.8 Å². The van der Waals surface area contributed by atoms with Gasteiger partial charge in [0.05, 0.1) is 42.4 Å². The first-order valence-electron chi connectivity index (χ1n) is 9.89. The van der Waals surface area contributed by atoms with Crippen LogP contribution in [0.25, 0.3) is 0 Å². The first kappa shape index (κ1) is 20.1. The van der Waals surface area contributed by atoms with E-state index < -0.39 is 21.7 Å². The van der Waals surface area contributed by atoms with Crippen molar-refractivity contribution in [2.24, 2.45) is 10.3 Å². The van der Waals surface area contributed by atoms with Crippen molar-refractivity contribution < 1.29 is 22.3 Å². The average Bonchev–Trinajstić information content (AvgIpc) is 3.19. The molecule has 0 bridgehead atoms. The minimum Gasteiger partial charge on any atom is -0.442 e. The second-order valence-corrected chi connectivity index (χ2v) is 10.4. The number of rotatable bonds is 4. The Hall–Kier alpha value is -2.23. The number of ether oxygens (including phenoxy) is 1. The maximum atomic E-state index is 14.8. The molecule has 8 nitrogen and oxygen atoms in total. The largest absolute Gasteiger partial charge is 0.442 e. The second kappa shape index (κ2) is 7.55. The van der Waals surface area contributed by atoms with Crippen molar-refractivity contribution >= 4 is 21.6 Å². The number of carbonyl (C=O) groups is 1. The number of cyclic esters (lactones) is 1. The fourth-order valence-corrected chi connectivity index (χ4v) is 5.52.